The number of amides is 1. The van der Waals surface area contributed by atoms with Crippen molar-refractivity contribution >= 4 is 23.5 Å². The highest BCUT2D eigenvalue weighted by Gasteiger charge is 2.41. The molecular formula is C16H14ClN3O3. The number of halogens is 1. The Kier molecular flexibility index (Phi) is 4.00. The Morgan fingerprint density at radius 3 is 2.30 bits per heavy atom. The third-order valence-corrected chi connectivity index (χ3v) is 4.38. The van der Waals surface area contributed by atoms with Crippen molar-refractivity contribution in [3.63, 3.8) is 0 Å². The summed E-state index contributed by atoms with van der Waals surface area (Å²) in [6.45, 7) is 0. The van der Waals surface area contributed by atoms with Gasteiger partial charge in [-0.25, -0.2) is 14.8 Å². The van der Waals surface area contributed by atoms with Gasteiger partial charge in [0.2, 0.25) is 0 Å². The highest BCUT2D eigenvalue weighted by molar-refractivity contribution is 6.31. The highest BCUT2D eigenvalue weighted by Crippen LogP contribution is 2.44. The Hall–Kier alpha value is -2.47. The second-order valence-corrected chi connectivity index (χ2v) is 5.87. The highest BCUT2D eigenvalue weighted by atomic mass is 35.5. The molecule has 0 saturated heterocycles. The zero-order chi connectivity index (χ0) is 16.4. The van der Waals surface area contributed by atoms with Gasteiger partial charge in [-0.2, -0.15) is 0 Å². The Morgan fingerprint density at radius 2 is 1.78 bits per heavy atom. The minimum Gasteiger partial charge on any atom is -0.476 e. The summed E-state index contributed by atoms with van der Waals surface area (Å²) >= 11 is 6.26. The van der Waals surface area contributed by atoms with E-state index in [0.717, 1.165) is 37.2 Å². The lowest BCUT2D eigenvalue weighted by Crippen LogP contribution is -2.51. The maximum atomic E-state index is 12.4. The number of carboxylic acids is 1. The smallest absolute Gasteiger partial charge is 0.356 e. The zero-order valence-corrected chi connectivity index (χ0v) is 12.9. The molecule has 0 radical (unpaired) electrons. The van der Waals surface area contributed by atoms with Gasteiger partial charge in [0.25, 0.3) is 5.91 Å². The van der Waals surface area contributed by atoms with Crippen molar-refractivity contribution in [2.45, 2.75) is 24.8 Å². The molecule has 6 nitrogen and oxygen atoms in total. The van der Waals surface area contributed by atoms with Gasteiger partial charge in [0, 0.05) is 5.02 Å². The van der Waals surface area contributed by atoms with Crippen LogP contribution in [0.3, 0.4) is 0 Å². The van der Waals surface area contributed by atoms with Crippen LogP contribution in [-0.4, -0.2) is 27.0 Å². The van der Waals surface area contributed by atoms with E-state index in [1.54, 1.807) is 6.07 Å². The number of carboxylic acid groups (broad SMARTS) is 1. The van der Waals surface area contributed by atoms with Crippen molar-refractivity contribution in [3.05, 3.63) is 58.6 Å². The second kappa shape index (κ2) is 5.96. The third-order valence-electron chi connectivity index (χ3n) is 4.05. The molecule has 1 heterocycles. The van der Waals surface area contributed by atoms with Crippen molar-refractivity contribution in [1.82, 2.24) is 15.3 Å². The Labute approximate surface area is 137 Å². The number of rotatable bonds is 4. The lowest BCUT2D eigenvalue weighted by Gasteiger charge is -2.43. The molecule has 3 rings (SSSR count). The van der Waals surface area contributed by atoms with E-state index in [4.69, 9.17) is 16.7 Å². The van der Waals surface area contributed by atoms with Gasteiger partial charge in [-0.3, -0.25) is 4.79 Å². The average molecular weight is 332 g/mol. The van der Waals surface area contributed by atoms with Crippen LogP contribution in [0.1, 0.15) is 45.8 Å². The van der Waals surface area contributed by atoms with E-state index < -0.39 is 17.4 Å². The summed E-state index contributed by atoms with van der Waals surface area (Å²) in [5.74, 6) is -1.58. The van der Waals surface area contributed by atoms with Crippen LogP contribution in [0.4, 0.5) is 0 Å². The standard InChI is InChI=1S/C16H14ClN3O3/c17-11-5-2-1-4-10(11)16(6-3-7-16)20-14(21)12-8-19-13(9-18-12)15(22)23/h1-2,4-5,8-9H,3,6-7H2,(H,20,21)(H,22,23). The predicted octanol–water partition coefficient (Wildman–Crippen LogP) is 2.64. The molecule has 2 N–H and O–H groups in total. The summed E-state index contributed by atoms with van der Waals surface area (Å²) in [6, 6.07) is 7.43. The van der Waals surface area contributed by atoms with Crippen molar-refractivity contribution in [3.8, 4) is 0 Å². The van der Waals surface area contributed by atoms with Crippen LogP contribution in [0.2, 0.25) is 5.02 Å². The first-order chi connectivity index (χ1) is 11.0. The summed E-state index contributed by atoms with van der Waals surface area (Å²) in [4.78, 5) is 30.8. The van der Waals surface area contributed by atoms with Crippen LogP contribution in [0.15, 0.2) is 36.7 Å². The molecule has 2 aromatic rings. The fourth-order valence-corrected chi connectivity index (χ4v) is 3.00. The summed E-state index contributed by atoms with van der Waals surface area (Å²) in [6.07, 6.45) is 4.82. The summed E-state index contributed by atoms with van der Waals surface area (Å²) in [5, 5.41) is 12.4. The molecular weight excluding hydrogens is 318 g/mol. The lowest BCUT2D eigenvalue weighted by molar-refractivity contribution is 0.0687. The number of hydrogen-bond acceptors (Lipinski definition) is 4. The molecule has 1 aliphatic carbocycles. The Bertz CT molecular complexity index is 757. The molecule has 0 aliphatic heterocycles. The number of hydrogen-bond donors (Lipinski definition) is 2. The monoisotopic (exact) mass is 331 g/mol. The summed E-state index contributed by atoms with van der Waals surface area (Å²) < 4.78 is 0. The molecule has 0 bridgehead atoms. The predicted molar refractivity (Wildman–Crippen MR) is 83.4 cm³/mol. The first-order valence-electron chi connectivity index (χ1n) is 7.15. The van der Waals surface area contributed by atoms with Crippen LogP contribution in [0.5, 0.6) is 0 Å². The number of benzene rings is 1. The van der Waals surface area contributed by atoms with E-state index in [0.29, 0.717) is 5.02 Å². The third kappa shape index (κ3) is 2.90. The van der Waals surface area contributed by atoms with E-state index >= 15 is 0 Å². The van der Waals surface area contributed by atoms with E-state index in [1.165, 1.54) is 0 Å². The van der Waals surface area contributed by atoms with Gasteiger partial charge in [-0.15, -0.1) is 0 Å². The Balaban J connectivity index is 1.83. The van der Waals surface area contributed by atoms with Crippen LogP contribution in [-0.2, 0) is 5.54 Å². The van der Waals surface area contributed by atoms with Crippen LogP contribution in [0, 0.1) is 0 Å². The minimum absolute atomic E-state index is 0.0772. The number of carbonyl (C=O) groups is 2. The first-order valence-corrected chi connectivity index (χ1v) is 7.52. The second-order valence-electron chi connectivity index (χ2n) is 5.46. The number of nitrogens with one attached hydrogen (secondary N) is 1. The molecule has 1 aromatic heterocycles. The molecule has 1 amide bonds. The molecule has 1 saturated carbocycles. The lowest BCUT2D eigenvalue weighted by atomic mass is 9.71. The molecule has 1 aliphatic rings. The van der Waals surface area contributed by atoms with Crippen molar-refractivity contribution in [1.29, 1.82) is 0 Å². The largest absolute Gasteiger partial charge is 0.476 e. The number of carbonyl (C=O) groups excluding carboxylic acids is 1. The molecule has 0 unspecified atom stereocenters. The van der Waals surface area contributed by atoms with Crippen molar-refractivity contribution in [2.75, 3.05) is 0 Å². The molecule has 7 heteroatoms. The number of nitrogens with zero attached hydrogens (tertiary/aromatic N) is 2. The van der Waals surface area contributed by atoms with Crippen LogP contribution in [0.25, 0.3) is 0 Å². The van der Waals surface area contributed by atoms with Gasteiger partial charge in [-0.05, 0) is 30.9 Å². The number of aromatic carboxylic acids is 1. The van der Waals surface area contributed by atoms with Gasteiger partial charge in [0.15, 0.2) is 5.69 Å². The average Bonchev–Trinajstić information content (AvgIpc) is 2.51. The summed E-state index contributed by atoms with van der Waals surface area (Å²) in [7, 11) is 0. The molecule has 0 spiro atoms. The van der Waals surface area contributed by atoms with E-state index in [9.17, 15) is 9.59 Å². The minimum atomic E-state index is -1.18. The maximum Gasteiger partial charge on any atom is 0.356 e. The van der Waals surface area contributed by atoms with Gasteiger partial charge in [0.1, 0.15) is 5.69 Å². The van der Waals surface area contributed by atoms with E-state index in [-0.39, 0.29) is 11.4 Å². The zero-order valence-electron chi connectivity index (χ0n) is 12.1. The van der Waals surface area contributed by atoms with Crippen LogP contribution < -0.4 is 5.32 Å². The van der Waals surface area contributed by atoms with Crippen molar-refractivity contribution in [2.24, 2.45) is 0 Å². The molecule has 118 valence electrons. The summed E-state index contributed by atoms with van der Waals surface area (Å²) in [5.41, 5.74) is 0.262. The van der Waals surface area contributed by atoms with E-state index in [2.05, 4.69) is 15.3 Å². The van der Waals surface area contributed by atoms with Gasteiger partial charge in [-0.1, -0.05) is 29.8 Å². The van der Waals surface area contributed by atoms with Gasteiger partial charge < -0.3 is 10.4 Å². The van der Waals surface area contributed by atoms with Gasteiger partial charge >= 0.3 is 5.97 Å². The Morgan fingerprint density at radius 1 is 1.13 bits per heavy atom. The number of aromatic nitrogens is 2. The molecule has 1 fully saturated rings. The first kappa shape index (κ1) is 15.4. The fourth-order valence-electron chi connectivity index (χ4n) is 2.68. The quantitative estimate of drug-likeness (QED) is 0.898. The van der Waals surface area contributed by atoms with E-state index in [1.807, 2.05) is 18.2 Å². The molecule has 1 aromatic carbocycles. The topological polar surface area (TPSA) is 92.2 Å². The normalized spacial score (nSPS) is 15.5. The van der Waals surface area contributed by atoms with Crippen molar-refractivity contribution < 1.29 is 14.7 Å². The molecule has 23 heavy (non-hydrogen) atoms. The molecule has 0 atom stereocenters. The SMILES string of the molecule is O=C(O)c1cnc(C(=O)NC2(c3ccccc3Cl)CCC2)cn1. The van der Waals surface area contributed by atoms with Gasteiger partial charge in [0.05, 0.1) is 17.9 Å². The maximum absolute atomic E-state index is 12.4. The fraction of sp³-hybridized carbons (Fsp3) is 0.250. The van der Waals surface area contributed by atoms with Crippen LogP contribution >= 0.6 is 11.6 Å².